The molecular formula is C11H15ClN2O3S. The molecule has 0 amide bonds. The van der Waals surface area contributed by atoms with Gasteiger partial charge in [-0.3, -0.25) is 0 Å². The Bertz CT molecular complexity index is 547. The van der Waals surface area contributed by atoms with Crippen LogP contribution < -0.4 is 5.73 Å². The molecular weight excluding hydrogens is 276 g/mol. The minimum absolute atomic E-state index is 0.0652. The predicted molar refractivity (Wildman–Crippen MR) is 68.7 cm³/mol. The highest BCUT2D eigenvalue weighted by Gasteiger charge is 2.32. The van der Waals surface area contributed by atoms with Crippen LogP contribution in [-0.4, -0.2) is 37.0 Å². The Morgan fingerprint density at radius 3 is 2.72 bits per heavy atom. The second-order valence-electron chi connectivity index (χ2n) is 4.27. The quantitative estimate of drug-likeness (QED) is 0.852. The van der Waals surface area contributed by atoms with E-state index in [1.807, 2.05) is 0 Å². The van der Waals surface area contributed by atoms with Gasteiger partial charge in [0.1, 0.15) is 4.90 Å². The van der Waals surface area contributed by atoms with Crippen LogP contribution >= 0.6 is 11.6 Å². The third-order valence-electron chi connectivity index (χ3n) is 2.98. The molecule has 0 bridgehead atoms. The number of hydrogen-bond donors (Lipinski definition) is 2. The molecule has 18 heavy (non-hydrogen) atoms. The van der Waals surface area contributed by atoms with Gasteiger partial charge in [0, 0.05) is 19.6 Å². The molecule has 100 valence electrons. The Morgan fingerprint density at radius 1 is 1.50 bits per heavy atom. The number of benzene rings is 1. The molecule has 1 saturated heterocycles. The lowest BCUT2D eigenvalue weighted by molar-refractivity contribution is 0.189. The maximum absolute atomic E-state index is 12.3. The van der Waals surface area contributed by atoms with Gasteiger partial charge in [-0.1, -0.05) is 17.7 Å². The maximum atomic E-state index is 12.3. The topological polar surface area (TPSA) is 83.6 Å². The van der Waals surface area contributed by atoms with Crippen molar-refractivity contribution in [1.29, 1.82) is 0 Å². The first-order valence-corrected chi connectivity index (χ1v) is 7.43. The van der Waals surface area contributed by atoms with Crippen molar-refractivity contribution in [3.05, 3.63) is 28.8 Å². The van der Waals surface area contributed by atoms with Crippen LogP contribution in [-0.2, 0) is 16.6 Å². The number of nitrogens with two attached hydrogens (primary N) is 1. The molecule has 1 heterocycles. The van der Waals surface area contributed by atoms with E-state index in [0.29, 0.717) is 19.5 Å². The van der Waals surface area contributed by atoms with E-state index in [4.69, 9.17) is 17.3 Å². The van der Waals surface area contributed by atoms with Gasteiger partial charge in [-0.15, -0.1) is 0 Å². The third kappa shape index (κ3) is 2.53. The average Bonchev–Trinajstić information content (AvgIpc) is 2.76. The van der Waals surface area contributed by atoms with E-state index >= 15 is 0 Å². The van der Waals surface area contributed by atoms with E-state index in [0.717, 1.165) is 5.56 Å². The second kappa shape index (κ2) is 5.14. The van der Waals surface area contributed by atoms with Crippen LogP contribution in [0.4, 0.5) is 0 Å². The van der Waals surface area contributed by atoms with Gasteiger partial charge in [-0.25, -0.2) is 8.42 Å². The Labute approximate surface area is 111 Å². The molecule has 0 aliphatic carbocycles. The van der Waals surface area contributed by atoms with Crippen LogP contribution in [0, 0.1) is 0 Å². The fourth-order valence-corrected chi connectivity index (χ4v) is 3.98. The summed E-state index contributed by atoms with van der Waals surface area (Å²) in [5, 5.41) is 9.57. The lowest BCUT2D eigenvalue weighted by Gasteiger charge is -2.17. The zero-order chi connectivity index (χ0) is 13.3. The largest absolute Gasteiger partial charge is 0.392 e. The van der Waals surface area contributed by atoms with Crippen molar-refractivity contribution in [2.45, 2.75) is 24.0 Å². The van der Waals surface area contributed by atoms with Crippen LogP contribution in [0.25, 0.3) is 0 Å². The molecule has 0 spiro atoms. The molecule has 2 rings (SSSR count). The van der Waals surface area contributed by atoms with Gasteiger partial charge in [0.05, 0.1) is 11.1 Å². The summed E-state index contributed by atoms with van der Waals surface area (Å²) in [6.45, 7) is 0.748. The molecule has 0 aromatic heterocycles. The second-order valence-corrected chi connectivity index (χ2v) is 6.59. The average molecular weight is 291 g/mol. The molecule has 1 unspecified atom stereocenters. The molecule has 0 radical (unpaired) electrons. The number of aliphatic hydroxyl groups excluding tert-OH is 1. The summed E-state index contributed by atoms with van der Waals surface area (Å²) in [5.74, 6) is 0. The highest BCUT2D eigenvalue weighted by molar-refractivity contribution is 7.89. The smallest absolute Gasteiger partial charge is 0.244 e. The van der Waals surface area contributed by atoms with Crippen molar-refractivity contribution in [2.75, 3.05) is 13.1 Å². The number of halogens is 1. The molecule has 0 saturated carbocycles. The van der Waals surface area contributed by atoms with E-state index < -0.39 is 16.1 Å². The van der Waals surface area contributed by atoms with E-state index in [9.17, 15) is 13.5 Å². The Balaban J connectivity index is 2.36. The Kier molecular flexibility index (Phi) is 3.93. The molecule has 1 atom stereocenters. The van der Waals surface area contributed by atoms with Crippen molar-refractivity contribution in [3.8, 4) is 0 Å². The molecule has 5 nitrogen and oxygen atoms in total. The zero-order valence-corrected chi connectivity index (χ0v) is 11.3. The molecule has 1 aliphatic heterocycles. The number of aliphatic hydroxyl groups is 1. The lowest BCUT2D eigenvalue weighted by atomic mass is 10.2. The highest BCUT2D eigenvalue weighted by atomic mass is 35.5. The predicted octanol–water partition coefficient (Wildman–Crippen LogP) is 0.554. The monoisotopic (exact) mass is 290 g/mol. The normalized spacial score (nSPS) is 21.4. The Morgan fingerprint density at radius 2 is 2.22 bits per heavy atom. The van der Waals surface area contributed by atoms with Crippen molar-refractivity contribution >= 4 is 21.6 Å². The van der Waals surface area contributed by atoms with Crippen molar-refractivity contribution in [1.82, 2.24) is 4.31 Å². The molecule has 1 aromatic carbocycles. The maximum Gasteiger partial charge on any atom is 0.244 e. The summed E-state index contributed by atoms with van der Waals surface area (Å²) in [5.41, 5.74) is 6.24. The number of sulfonamides is 1. The molecule has 1 aliphatic rings. The summed E-state index contributed by atoms with van der Waals surface area (Å²) < 4.78 is 25.9. The van der Waals surface area contributed by atoms with Gasteiger partial charge < -0.3 is 10.8 Å². The van der Waals surface area contributed by atoms with Gasteiger partial charge in [-0.05, 0) is 24.1 Å². The van der Waals surface area contributed by atoms with Gasteiger partial charge in [0.2, 0.25) is 10.0 Å². The van der Waals surface area contributed by atoms with Gasteiger partial charge in [-0.2, -0.15) is 4.31 Å². The zero-order valence-electron chi connectivity index (χ0n) is 9.71. The lowest BCUT2D eigenvalue weighted by Crippen LogP contribution is -2.30. The van der Waals surface area contributed by atoms with Crippen LogP contribution in [0.5, 0.6) is 0 Å². The van der Waals surface area contributed by atoms with Crippen LogP contribution in [0.3, 0.4) is 0 Å². The number of nitrogens with zero attached hydrogens (tertiary/aromatic N) is 1. The summed E-state index contributed by atoms with van der Waals surface area (Å²) in [6, 6.07) is 4.66. The van der Waals surface area contributed by atoms with E-state index in [2.05, 4.69) is 0 Å². The van der Waals surface area contributed by atoms with E-state index in [-0.39, 0.29) is 16.5 Å². The summed E-state index contributed by atoms with van der Waals surface area (Å²) >= 11 is 5.98. The van der Waals surface area contributed by atoms with Crippen LogP contribution in [0.15, 0.2) is 23.1 Å². The fourth-order valence-electron chi connectivity index (χ4n) is 1.95. The van der Waals surface area contributed by atoms with Crippen molar-refractivity contribution in [3.63, 3.8) is 0 Å². The summed E-state index contributed by atoms with van der Waals surface area (Å²) in [6.07, 6.45) is -0.139. The molecule has 3 N–H and O–H groups in total. The minimum Gasteiger partial charge on any atom is -0.392 e. The number of β-amino-alcohol motifs (C(OH)–C–C–N with tert-alkyl or cyclic N) is 1. The fraction of sp³-hybridized carbons (Fsp3) is 0.455. The minimum atomic E-state index is -3.63. The molecule has 1 aromatic rings. The highest BCUT2D eigenvalue weighted by Crippen LogP contribution is 2.27. The van der Waals surface area contributed by atoms with Crippen LogP contribution in [0.2, 0.25) is 5.02 Å². The molecule has 1 fully saturated rings. The summed E-state index contributed by atoms with van der Waals surface area (Å²) in [7, 11) is -3.63. The van der Waals surface area contributed by atoms with E-state index in [1.54, 1.807) is 12.1 Å². The van der Waals surface area contributed by atoms with E-state index in [1.165, 1.54) is 10.4 Å². The first kappa shape index (κ1) is 13.8. The molecule has 7 heteroatoms. The van der Waals surface area contributed by atoms with Gasteiger partial charge >= 0.3 is 0 Å². The SMILES string of the molecule is NCc1ccc(S(=O)(=O)N2CCC(O)C2)c(Cl)c1. The first-order valence-electron chi connectivity index (χ1n) is 5.62. The first-order chi connectivity index (χ1) is 8.45. The number of hydrogen-bond acceptors (Lipinski definition) is 4. The summed E-state index contributed by atoms with van der Waals surface area (Å²) in [4.78, 5) is 0.0652. The van der Waals surface area contributed by atoms with Crippen LogP contribution in [0.1, 0.15) is 12.0 Å². The van der Waals surface area contributed by atoms with Crippen molar-refractivity contribution < 1.29 is 13.5 Å². The third-order valence-corrected chi connectivity index (χ3v) is 5.32. The van der Waals surface area contributed by atoms with Gasteiger partial charge in [0.15, 0.2) is 0 Å². The Hall–Kier alpha value is -0.660. The van der Waals surface area contributed by atoms with Gasteiger partial charge in [0.25, 0.3) is 0 Å². The number of rotatable bonds is 3. The van der Waals surface area contributed by atoms with Crippen molar-refractivity contribution in [2.24, 2.45) is 5.73 Å². The standard InChI is InChI=1S/C11H15ClN2O3S/c12-10-5-8(6-13)1-2-11(10)18(16,17)14-4-3-9(15)7-14/h1-2,5,9,15H,3-4,6-7,13H2.